The number of hydrogen-bond acceptors (Lipinski definition) is 2. The first-order valence-electron chi connectivity index (χ1n) is 5.58. The number of carboxylic acids is 1. The Labute approximate surface area is 101 Å². The minimum Gasteiger partial charge on any atom is -0.481 e. The van der Waals surface area contributed by atoms with Crippen LogP contribution in [0.4, 0.5) is 5.69 Å². The maximum atomic E-state index is 10.9. The van der Waals surface area contributed by atoms with Crippen molar-refractivity contribution in [1.29, 1.82) is 0 Å². The molecule has 1 rings (SSSR count). The molecule has 17 heavy (non-hydrogen) atoms. The van der Waals surface area contributed by atoms with Gasteiger partial charge in [0.05, 0.1) is 5.92 Å². The Morgan fingerprint density at radius 3 is 2.71 bits per heavy atom. The largest absolute Gasteiger partial charge is 0.481 e. The summed E-state index contributed by atoms with van der Waals surface area (Å²) < 4.78 is 0. The quantitative estimate of drug-likeness (QED) is 0.822. The molecule has 0 bridgehead atoms. The molecule has 4 nitrogen and oxygen atoms in total. The molecule has 0 unspecified atom stereocenters. The van der Waals surface area contributed by atoms with Crippen molar-refractivity contribution in [1.82, 2.24) is 0 Å². The highest BCUT2D eigenvalue weighted by atomic mass is 16.4. The summed E-state index contributed by atoms with van der Waals surface area (Å²) in [5, 5.41) is 11.5. The van der Waals surface area contributed by atoms with Gasteiger partial charge in [0.25, 0.3) is 0 Å². The van der Waals surface area contributed by atoms with Crippen LogP contribution < -0.4 is 5.32 Å². The number of anilines is 1. The third-order valence-electron chi connectivity index (χ3n) is 2.53. The molecule has 0 saturated carbocycles. The van der Waals surface area contributed by atoms with Crippen LogP contribution in [0.15, 0.2) is 24.3 Å². The van der Waals surface area contributed by atoms with E-state index in [1.807, 2.05) is 24.3 Å². The molecule has 1 aromatic carbocycles. The number of aliphatic carboxylic acids is 1. The molecule has 1 atom stereocenters. The molecular weight excluding hydrogens is 218 g/mol. The van der Waals surface area contributed by atoms with Crippen LogP contribution in [0, 0.1) is 5.92 Å². The smallest absolute Gasteiger partial charge is 0.306 e. The third-order valence-corrected chi connectivity index (χ3v) is 2.53. The maximum Gasteiger partial charge on any atom is 0.306 e. The van der Waals surface area contributed by atoms with Gasteiger partial charge in [-0.05, 0) is 30.5 Å². The lowest BCUT2D eigenvalue weighted by Gasteiger charge is -2.08. The first-order valence-corrected chi connectivity index (χ1v) is 5.58. The third kappa shape index (κ3) is 4.68. The summed E-state index contributed by atoms with van der Waals surface area (Å²) in [5.41, 5.74) is 1.78. The molecule has 0 aromatic heterocycles. The van der Waals surface area contributed by atoms with Crippen molar-refractivity contribution in [3.8, 4) is 0 Å². The second-order valence-corrected chi connectivity index (χ2v) is 4.16. The van der Waals surface area contributed by atoms with Gasteiger partial charge in [-0.2, -0.15) is 0 Å². The predicted molar refractivity (Wildman–Crippen MR) is 65.9 cm³/mol. The maximum absolute atomic E-state index is 10.9. The average molecular weight is 235 g/mol. The molecule has 92 valence electrons. The van der Waals surface area contributed by atoms with E-state index in [4.69, 9.17) is 5.11 Å². The fourth-order valence-corrected chi connectivity index (χ4v) is 1.51. The van der Waals surface area contributed by atoms with Crippen molar-refractivity contribution < 1.29 is 14.7 Å². The molecule has 0 aliphatic carbocycles. The van der Waals surface area contributed by atoms with Gasteiger partial charge in [-0.15, -0.1) is 0 Å². The lowest BCUT2D eigenvalue weighted by Crippen LogP contribution is -2.10. The summed E-state index contributed by atoms with van der Waals surface area (Å²) in [6, 6.07) is 7.47. The van der Waals surface area contributed by atoms with E-state index in [9.17, 15) is 9.59 Å². The van der Waals surface area contributed by atoms with Gasteiger partial charge < -0.3 is 10.4 Å². The minimum atomic E-state index is -0.775. The van der Waals surface area contributed by atoms with Crippen LogP contribution in [0.3, 0.4) is 0 Å². The van der Waals surface area contributed by atoms with Crippen LogP contribution in [0.2, 0.25) is 0 Å². The molecule has 4 heteroatoms. The molecule has 0 radical (unpaired) electrons. The molecule has 0 heterocycles. The zero-order valence-corrected chi connectivity index (χ0v) is 10.1. The Morgan fingerprint density at radius 1 is 1.41 bits per heavy atom. The molecule has 0 saturated heterocycles. The SMILES string of the molecule is CC(=O)Nc1cccc(CC[C@H](C)C(=O)O)c1. The second-order valence-electron chi connectivity index (χ2n) is 4.16. The number of hydrogen-bond donors (Lipinski definition) is 2. The first kappa shape index (κ1) is 13.2. The van der Waals surface area contributed by atoms with Gasteiger partial charge >= 0.3 is 5.97 Å². The summed E-state index contributed by atoms with van der Waals surface area (Å²) in [6.45, 7) is 3.15. The number of aryl methyl sites for hydroxylation is 1. The Kier molecular flexibility index (Phi) is 4.69. The van der Waals surface area contributed by atoms with Gasteiger partial charge in [0.1, 0.15) is 0 Å². The molecule has 0 spiro atoms. The van der Waals surface area contributed by atoms with Gasteiger partial charge in [0.2, 0.25) is 5.91 Å². The lowest BCUT2D eigenvalue weighted by atomic mass is 10.0. The molecule has 2 N–H and O–H groups in total. The van der Waals surface area contributed by atoms with Crippen LogP contribution >= 0.6 is 0 Å². The Bertz CT molecular complexity index is 415. The summed E-state index contributed by atoms with van der Waals surface area (Å²) in [4.78, 5) is 21.6. The van der Waals surface area contributed by atoms with Crippen LogP contribution in [0.25, 0.3) is 0 Å². The monoisotopic (exact) mass is 235 g/mol. The number of carbonyl (C=O) groups excluding carboxylic acids is 1. The molecular formula is C13H17NO3. The number of carbonyl (C=O) groups is 2. The Hall–Kier alpha value is -1.84. The highest BCUT2D eigenvalue weighted by molar-refractivity contribution is 5.88. The van der Waals surface area contributed by atoms with E-state index < -0.39 is 5.97 Å². The van der Waals surface area contributed by atoms with Crippen molar-refractivity contribution in [2.75, 3.05) is 5.32 Å². The Morgan fingerprint density at radius 2 is 2.12 bits per heavy atom. The van der Waals surface area contributed by atoms with Gasteiger partial charge in [-0.25, -0.2) is 0 Å². The van der Waals surface area contributed by atoms with Crippen LogP contribution in [0.5, 0.6) is 0 Å². The van der Waals surface area contributed by atoms with Gasteiger partial charge in [-0.3, -0.25) is 9.59 Å². The molecule has 0 fully saturated rings. The average Bonchev–Trinajstić information content (AvgIpc) is 2.25. The van der Waals surface area contributed by atoms with Gasteiger partial charge in [0.15, 0.2) is 0 Å². The molecule has 1 amide bonds. The van der Waals surface area contributed by atoms with Crippen LogP contribution in [0.1, 0.15) is 25.8 Å². The fourth-order valence-electron chi connectivity index (χ4n) is 1.51. The summed E-state index contributed by atoms with van der Waals surface area (Å²) >= 11 is 0. The Balaban J connectivity index is 2.59. The topological polar surface area (TPSA) is 66.4 Å². The number of amides is 1. The van der Waals surface area contributed by atoms with Gasteiger partial charge in [0, 0.05) is 12.6 Å². The molecule has 0 aliphatic rings. The highest BCUT2D eigenvalue weighted by Gasteiger charge is 2.10. The van der Waals surface area contributed by atoms with Crippen LogP contribution in [-0.4, -0.2) is 17.0 Å². The van der Waals surface area contributed by atoms with E-state index in [1.54, 1.807) is 6.92 Å². The van der Waals surface area contributed by atoms with E-state index in [0.29, 0.717) is 12.8 Å². The van der Waals surface area contributed by atoms with Crippen LogP contribution in [-0.2, 0) is 16.0 Å². The van der Waals surface area contributed by atoms with Crippen molar-refractivity contribution in [2.45, 2.75) is 26.7 Å². The normalized spacial score (nSPS) is 11.9. The summed E-state index contributed by atoms with van der Waals surface area (Å²) in [6.07, 6.45) is 1.29. The number of carboxylic acid groups (broad SMARTS) is 1. The zero-order valence-electron chi connectivity index (χ0n) is 10.1. The first-order chi connectivity index (χ1) is 7.99. The predicted octanol–water partition coefficient (Wildman–Crippen LogP) is 2.30. The second kappa shape index (κ2) is 6.03. The number of rotatable bonds is 5. The zero-order chi connectivity index (χ0) is 12.8. The summed E-state index contributed by atoms with van der Waals surface area (Å²) in [5.74, 6) is -1.23. The summed E-state index contributed by atoms with van der Waals surface area (Å²) in [7, 11) is 0. The molecule has 0 aliphatic heterocycles. The minimum absolute atomic E-state index is 0.110. The van der Waals surface area contributed by atoms with E-state index in [0.717, 1.165) is 11.3 Å². The standard InChI is InChI=1S/C13H17NO3/c1-9(13(16)17)6-7-11-4-3-5-12(8-11)14-10(2)15/h3-5,8-9H,6-7H2,1-2H3,(H,14,15)(H,16,17)/t9-/m0/s1. The highest BCUT2D eigenvalue weighted by Crippen LogP contribution is 2.14. The number of nitrogens with one attached hydrogen (secondary N) is 1. The van der Waals surface area contributed by atoms with Crippen molar-refractivity contribution in [3.63, 3.8) is 0 Å². The van der Waals surface area contributed by atoms with Crippen molar-refractivity contribution in [2.24, 2.45) is 5.92 Å². The van der Waals surface area contributed by atoms with E-state index in [-0.39, 0.29) is 11.8 Å². The fraction of sp³-hybridized carbons (Fsp3) is 0.385. The van der Waals surface area contributed by atoms with Gasteiger partial charge in [-0.1, -0.05) is 19.1 Å². The van der Waals surface area contributed by atoms with E-state index >= 15 is 0 Å². The van der Waals surface area contributed by atoms with E-state index in [2.05, 4.69) is 5.32 Å². The van der Waals surface area contributed by atoms with Crippen molar-refractivity contribution >= 4 is 17.6 Å². The molecule has 1 aromatic rings. The van der Waals surface area contributed by atoms with Crippen molar-refractivity contribution in [3.05, 3.63) is 29.8 Å². The lowest BCUT2D eigenvalue weighted by molar-refractivity contribution is -0.141. The van der Waals surface area contributed by atoms with E-state index in [1.165, 1.54) is 6.92 Å². The number of benzene rings is 1.